The molecule has 3 N–H and O–H groups in total. The van der Waals surface area contributed by atoms with E-state index in [4.69, 9.17) is 14.2 Å². The number of benzene rings is 3. The summed E-state index contributed by atoms with van der Waals surface area (Å²) in [5, 5.41) is 28.6. The van der Waals surface area contributed by atoms with E-state index in [-0.39, 0.29) is 0 Å². The average molecular weight is 592 g/mol. The second-order valence-electron chi connectivity index (χ2n) is 10.2. The molecule has 1 amide bonds. The number of aliphatic carboxylic acids is 3. The van der Waals surface area contributed by atoms with Crippen molar-refractivity contribution < 1.29 is 48.7 Å². The molecule has 0 radical (unpaired) electrons. The highest BCUT2D eigenvalue weighted by molar-refractivity contribution is 6.01. The molecule has 1 saturated heterocycles. The van der Waals surface area contributed by atoms with E-state index >= 15 is 0 Å². The van der Waals surface area contributed by atoms with E-state index < -0.39 is 60.8 Å². The van der Waals surface area contributed by atoms with Crippen molar-refractivity contribution in [1.29, 1.82) is 0 Å². The number of aryl methyl sites for hydroxylation is 1. The molecule has 11 nitrogen and oxygen atoms in total. The minimum Gasteiger partial charge on any atom is -0.489 e. The van der Waals surface area contributed by atoms with Crippen LogP contribution in [0.3, 0.4) is 0 Å². The monoisotopic (exact) mass is 591 g/mol. The molecule has 0 bridgehead atoms. The Bertz CT molecular complexity index is 1410. The van der Waals surface area contributed by atoms with Gasteiger partial charge in [0.15, 0.2) is 6.10 Å². The number of carboxylic acids is 3. The number of hydrogen-bond acceptors (Lipinski definition) is 7. The van der Waals surface area contributed by atoms with Gasteiger partial charge in [-0.3, -0.25) is 9.59 Å². The molecule has 226 valence electrons. The Morgan fingerprint density at radius 2 is 1.53 bits per heavy atom. The second-order valence-corrected chi connectivity index (χ2v) is 10.2. The summed E-state index contributed by atoms with van der Waals surface area (Å²) >= 11 is 0. The molecule has 4 rings (SSSR count). The molecule has 1 aliphatic rings. The number of hydrogen-bond donors (Lipinski definition) is 3. The molecule has 1 aliphatic heterocycles. The van der Waals surface area contributed by atoms with Crippen LogP contribution in [0.25, 0.3) is 0 Å². The van der Waals surface area contributed by atoms with Crippen molar-refractivity contribution >= 4 is 23.8 Å². The van der Waals surface area contributed by atoms with Crippen LogP contribution in [0, 0.1) is 0 Å². The maximum Gasteiger partial charge on any atom is 0.377 e. The summed E-state index contributed by atoms with van der Waals surface area (Å²) in [6.45, 7) is 0.647. The lowest BCUT2D eigenvalue weighted by Gasteiger charge is -2.35. The largest absolute Gasteiger partial charge is 0.489 e. The van der Waals surface area contributed by atoms with Crippen LogP contribution in [0.1, 0.15) is 36.0 Å². The van der Waals surface area contributed by atoms with Gasteiger partial charge in [-0.1, -0.05) is 72.8 Å². The normalized spacial score (nSPS) is 17.0. The summed E-state index contributed by atoms with van der Waals surface area (Å²) in [4.78, 5) is 49.9. The fourth-order valence-corrected chi connectivity index (χ4v) is 5.10. The van der Waals surface area contributed by atoms with Gasteiger partial charge < -0.3 is 34.4 Å². The van der Waals surface area contributed by atoms with Gasteiger partial charge in [0.1, 0.15) is 18.9 Å². The van der Waals surface area contributed by atoms with Gasteiger partial charge in [0, 0.05) is 12.0 Å². The Morgan fingerprint density at radius 1 is 0.907 bits per heavy atom. The third-order valence-corrected chi connectivity index (χ3v) is 7.37. The standard InChI is InChI=1S/C32H33NO10/c1-21(33(18-28(34)35)29(36)27-20-42-32(43-27,30(37)38)31(39)40)26(16-15-22-9-4-2-5-10-22)24-13-8-14-25(17-24)41-19-23-11-6-3-7-12-23/h2-14,17,21,26-27H,15-16,18-20H2,1H3,(H,34,35)(H,37,38)(H,39,40). The topological polar surface area (TPSA) is 160 Å². The molecule has 3 unspecified atom stereocenters. The van der Waals surface area contributed by atoms with Crippen LogP contribution in [0.2, 0.25) is 0 Å². The Kier molecular flexibility index (Phi) is 10.1. The SMILES string of the molecule is CC(C(CCc1ccccc1)c1cccc(OCc2ccccc2)c1)N(CC(=O)O)C(=O)C1COC(C(=O)O)(C(=O)O)O1. The van der Waals surface area contributed by atoms with Crippen molar-refractivity contribution in [2.24, 2.45) is 0 Å². The van der Waals surface area contributed by atoms with Crippen LogP contribution in [0.5, 0.6) is 5.75 Å². The Labute approximate surface area is 248 Å². The average Bonchev–Trinajstić information content (AvgIpc) is 3.47. The third-order valence-electron chi connectivity index (χ3n) is 7.37. The van der Waals surface area contributed by atoms with E-state index in [2.05, 4.69) is 0 Å². The molecule has 3 aromatic rings. The summed E-state index contributed by atoms with van der Waals surface area (Å²) in [6.07, 6.45) is -0.499. The summed E-state index contributed by atoms with van der Waals surface area (Å²) in [5.74, 6) is -8.91. The van der Waals surface area contributed by atoms with Crippen molar-refractivity contribution in [2.45, 2.75) is 50.2 Å². The van der Waals surface area contributed by atoms with Gasteiger partial charge in [-0.25, -0.2) is 9.59 Å². The van der Waals surface area contributed by atoms with Crippen molar-refractivity contribution in [2.75, 3.05) is 13.2 Å². The highest BCUT2D eigenvalue weighted by Crippen LogP contribution is 2.33. The predicted molar refractivity (Wildman–Crippen MR) is 152 cm³/mol. The second kappa shape index (κ2) is 14.0. The number of carboxylic acid groups (broad SMARTS) is 3. The van der Waals surface area contributed by atoms with Crippen LogP contribution in [-0.4, -0.2) is 75.1 Å². The summed E-state index contributed by atoms with van der Waals surface area (Å²) in [7, 11) is 0. The van der Waals surface area contributed by atoms with E-state index in [0.717, 1.165) is 21.6 Å². The van der Waals surface area contributed by atoms with Gasteiger partial charge in [0.25, 0.3) is 5.91 Å². The molecule has 0 saturated carbocycles. The number of carbonyl (C=O) groups excluding carboxylic acids is 1. The smallest absolute Gasteiger partial charge is 0.377 e. The van der Waals surface area contributed by atoms with Gasteiger partial charge in [-0.05, 0) is 48.6 Å². The van der Waals surface area contributed by atoms with E-state index in [0.29, 0.717) is 25.2 Å². The van der Waals surface area contributed by atoms with Crippen LogP contribution in [0.4, 0.5) is 0 Å². The first-order valence-corrected chi connectivity index (χ1v) is 13.7. The Balaban J connectivity index is 1.62. The highest BCUT2D eigenvalue weighted by Gasteiger charge is 2.58. The first-order chi connectivity index (χ1) is 20.6. The fraction of sp³-hybridized carbons (Fsp3) is 0.312. The van der Waals surface area contributed by atoms with Gasteiger partial charge in [0.05, 0.1) is 6.61 Å². The van der Waals surface area contributed by atoms with Crippen molar-refractivity contribution in [3.63, 3.8) is 0 Å². The van der Waals surface area contributed by atoms with Gasteiger partial charge in [-0.15, -0.1) is 0 Å². The van der Waals surface area contributed by atoms with Crippen LogP contribution in [-0.2, 0) is 41.7 Å². The molecule has 1 heterocycles. The first-order valence-electron chi connectivity index (χ1n) is 13.7. The van der Waals surface area contributed by atoms with E-state index in [1.54, 1.807) is 6.92 Å². The van der Waals surface area contributed by atoms with Crippen LogP contribution in [0.15, 0.2) is 84.9 Å². The van der Waals surface area contributed by atoms with E-state index in [1.807, 2.05) is 84.9 Å². The minimum atomic E-state index is -3.06. The summed E-state index contributed by atoms with van der Waals surface area (Å²) < 4.78 is 16.1. The lowest BCUT2D eigenvalue weighted by molar-refractivity contribution is -0.218. The summed E-state index contributed by atoms with van der Waals surface area (Å²) in [5.41, 5.74) is 2.83. The number of rotatable bonds is 14. The number of nitrogens with zero attached hydrogens (tertiary/aromatic N) is 1. The molecule has 3 atom stereocenters. The Morgan fingerprint density at radius 3 is 2.12 bits per heavy atom. The van der Waals surface area contributed by atoms with Gasteiger partial charge in [-0.2, -0.15) is 0 Å². The molecule has 0 spiro atoms. The number of ether oxygens (including phenoxy) is 3. The van der Waals surface area contributed by atoms with Crippen LogP contribution < -0.4 is 4.74 Å². The zero-order chi connectivity index (χ0) is 31.0. The van der Waals surface area contributed by atoms with Gasteiger partial charge >= 0.3 is 23.7 Å². The molecule has 0 aliphatic carbocycles. The minimum absolute atomic E-state index is 0.339. The quantitative estimate of drug-likeness (QED) is 0.237. The molecular weight excluding hydrogens is 558 g/mol. The zero-order valence-corrected chi connectivity index (χ0v) is 23.5. The first kappa shape index (κ1) is 31.2. The third kappa shape index (κ3) is 7.56. The molecule has 0 aromatic heterocycles. The van der Waals surface area contributed by atoms with Crippen LogP contribution >= 0.6 is 0 Å². The van der Waals surface area contributed by atoms with Gasteiger partial charge in [0.2, 0.25) is 0 Å². The molecule has 1 fully saturated rings. The van der Waals surface area contributed by atoms with Crippen molar-refractivity contribution in [1.82, 2.24) is 4.90 Å². The molecule has 3 aromatic carbocycles. The maximum atomic E-state index is 13.6. The van der Waals surface area contributed by atoms with E-state index in [1.165, 1.54) is 0 Å². The molecule has 43 heavy (non-hydrogen) atoms. The Hall–Kier alpha value is -4.74. The maximum absolute atomic E-state index is 13.6. The predicted octanol–water partition coefficient (Wildman–Crippen LogP) is 3.56. The van der Waals surface area contributed by atoms with Crippen molar-refractivity contribution in [3.8, 4) is 5.75 Å². The highest BCUT2D eigenvalue weighted by atomic mass is 16.8. The lowest BCUT2D eigenvalue weighted by atomic mass is 9.85. The lowest BCUT2D eigenvalue weighted by Crippen LogP contribution is -2.52. The fourth-order valence-electron chi connectivity index (χ4n) is 5.10. The molecule has 11 heteroatoms. The van der Waals surface area contributed by atoms with E-state index in [9.17, 15) is 34.5 Å². The number of amides is 1. The summed E-state index contributed by atoms with van der Waals surface area (Å²) in [6, 6.07) is 26.0. The zero-order valence-electron chi connectivity index (χ0n) is 23.5. The number of carbonyl (C=O) groups is 4. The van der Waals surface area contributed by atoms with Crippen molar-refractivity contribution in [3.05, 3.63) is 102 Å². The molecular formula is C32H33NO10.